The number of rotatable bonds is 11. The number of aromatic hydroxyl groups is 1. The van der Waals surface area contributed by atoms with Gasteiger partial charge in [0.05, 0.1) is 13.1 Å². The highest BCUT2D eigenvalue weighted by Gasteiger charge is 2.32. The number of fused-ring (bicyclic) bond motifs is 3. The smallest absolute Gasteiger partial charge is 0.407 e. The molecule has 1 aliphatic heterocycles. The van der Waals surface area contributed by atoms with Crippen molar-refractivity contribution in [2.75, 3.05) is 32.8 Å². The third-order valence-corrected chi connectivity index (χ3v) is 11.8. The van der Waals surface area contributed by atoms with Gasteiger partial charge in [-0.25, -0.2) is 4.79 Å². The lowest BCUT2D eigenvalue weighted by molar-refractivity contribution is -0.133. The van der Waals surface area contributed by atoms with Crippen LogP contribution in [0.25, 0.3) is 11.1 Å². The van der Waals surface area contributed by atoms with Crippen LogP contribution in [-0.2, 0) is 51.1 Å². The molecule has 9 N–H and O–H groups in total. The highest BCUT2D eigenvalue weighted by molar-refractivity contribution is 5.96. The van der Waals surface area contributed by atoms with Gasteiger partial charge in [0.2, 0.25) is 41.4 Å². The molecule has 0 bridgehead atoms. The van der Waals surface area contributed by atoms with Crippen LogP contribution < -0.4 is 42.5 Å². The number of hydrogen-bond acceptors (Lipinski definition) is 10. The van der Waals surface area contributed by atoms with E-state index < -0.39 is 91.2 Å². The fourth-order valence-electron chi connectivity index (χ4n) is 8.29. The van der Waals surface area contributed by atoms with Crippen LogP contribution in [0.2, 0.25) is 0 Å². The Hall–Kier alpha value is -7.76. The molecule has 6 rings (SSSR count). The number of alkyl carbamates (subject to hydrolysis) is 1. The highest BCUT2D eigenvalue weighted by atomic mass is 16.5. The Morgan fingerprint density at radius 3 is 1.88 bits per heavy atom. The molecule has 4 aromatic carbocycles. The average Bonchev–Trinajstić information content (AvgIpc) is 3.66. The topological polar surface area (TPSA) is 262 Å². The molecule has 1 saturated heterocycles. The van der Waals surface area contributed by atoms with Gasteiger partial charge < -0.3 is 52.4 Å². The molecule has 4 atom stereocenters. The van der Waals surface area contributed by atoms with E-state index in [4.69, 9.17) is 4.74 Å². The molecule has 1 aliphatic carbocycles. The first-order valence-corrected chi connectivity index (χ1v) is 23.2. The minimum atomic E-state index is -1.29. The first-order chi connectivity index (χ1) is 33.2. The van der Waals surface area contributed by atoms with E-state index in [1.165, 1.54) is 12.1 Å². The third kappa shape index (κ3) is 15.1. The molecule has 2 aliphatic rings. The molecule has 1 fully saturated rings. The van der Waals surface area contributed by atoms with Gasteiger partial charge in [0, 0.05) is 25.3 Å². The molecule has 69 heavy (non-hydrogen) atoms. The van der Waals surface area contributed by atoms with Crippen LogP contribution in [0, 0.1) is 5.92 Å². The maximum absolute atomic E-state index is 14.1. The summed E-state index contributed by atoms with van der Waals surface area (Å²) in [5, 5.41) is 30.9. The number of hydrogen-bond donors (Lipinski definition) is 9. The van der Waals surface area contributed by atoms with Gasteiger partial charge in [-0.15, -0.1) is 0 Å². The van der Waals surface area contributed by atoms with Gasteiger partial charge in [-0.05, 0) is 77.1 Å². The Morgan fingerprint density at radius 1 is 0.638 bits per heavy atom. The van der Waals surface area contributed by atoms with Crippen LogP contribution in [0.3, 0.4) is 0 Å². The lowest BCUT2D eigenvalue weighted by Gasteiger charge is -2.25. The summed E-state index contributed by atoms with van der Waals surface area (Å²) < 4.78 is 5.58. The number of carbonyl (C=O) groups excluding carboxylic acids is 8. The number of phenolic OH excluding ortho intramolecular Hbond substituents is 1. The van der Waals surface area contributed by atoms with Crippen molar-refractivity contribution in [2.45, 2.75) is 82.5 Å². The number of phenols is 1. The van der Waals surface area contributed by atoms with E-state index >= 15 is 0 Å². The van der Waals surface area contributed by atoms with E-state index in [9.17, 15) is 43.5 Å². The summed E-state index contributed by atoms with van der Waals surface area (Å²) in [5.74, 6) is -4.98. The quantitative estimate of drug-likeness (QED) is 0.106. The number of amides is 8. The summed E-state index contributed by atoms with van der Waals surface area (Å²) in [5.41, 5.74) is 5.43. The van der Waals surface area contributed by atoms with Crippen molar-refractivity contribution >= 4 is 47.4 Å². The van der Waals surface area contributed by atoms with Crippen LogP contribution in [-0.4, -0.2) is 110 Å². The Morgan fingerprint density at radius 2 is 1.22 bits per heavy atom. The van der Waals surface area contributed by atoms with Gasteiger partial charge >= 0.3 is 6.09 Å². The van der Waals surface area contributed by atoms with Gasteiger partial charge in [0.15, 0.2) is 0 Å². The van der Waals surface area contributed by atoms with Gasteiger partial charge in [-0.2, -0.15) is 0 Å². The zero-order chi connectivity index (χ0) is 49.3. The summed E-state index contributed by atoms with van der Waals surface area (Å²) in [6, 6.07) is 26.1. The molecule has 4 aromatic rings. The molecule has 18 heteroatoms. The Kier molecular flexibility index (Phi) is 18.2. The zero-order valence-electron chi connectivity index (χ0n) is 38.7. The molecule has 0 aromatic heterocycles. The molecule has 18 nitrogen and oxygen atoms in total. The summed E-state index contributed by atoms with van der Waals surface area (Å²) in [4.78, 5) is 108. The normalized spacial score (nSPS) is 19.9. The van der Waals surface area contributed by atoms with Crippen LogP contribution in [0.4, 0.5) is 4.79 Å². The maximum Gasteiger partial charge on any atom is 0.407 e. The maximum atomic E-state index is 14.1. The minimum Gasteiger partial charge on any atom is -0.508 e. The Labute approximate surface area is 400 Å². The predicted octanol–water partition coefficient (Wildman–Crippen LogP) is 2.23. The summed E-state index contributed by atoms with van der Waals surface area (Å²) in [6.07, 6.45) is 0.126. The molecule has 0 saturated carbocycles. The van der Waals surface area contributed by atoms with Gasteiger partial charge in [-0.3, -0.25) is 33.6 Å². The first kappa shape index (κ1) is 50.6. The molecular weight excluding hydrogens is 885 g/mol. The summed E-state index contributed by atoms with van der Waals surface area (Å²) in [6.45, 7) is 2.28. The second-order valence-corrected chi connectivity index (χ2v) is 17.5. The first-order valence-electron chi connectivity index (χ1n) is 23.2. The standard InChI is InChI=1S/C51H60N8O10/c1-31(2)24-41-47(64)52-23-11-10-18-40(56-46(63)29-55-51(68)69-30-39-37-16-8-6-14-35(37)36-15-7-9-17-38(36)39)49(66)59-42(26-33-19-21-34(60)22-20-33)48(65)54-27-44(61)53-28-45(62)57-43(50(67)58-41)25-32-12-4-3-5-13-32/h3-9,12-17,19-22,31,39-43,60H,10-11,18,23-30H2,1-2H3,(H,52,64)(H,53,61)(H,54,65)(H,55,68)(H,56,63)(H,57,62)(H,58,67)(H,59,66)/t40?,41?,42-,43-/m0/s1. The lowest BCUT2D eigenvalue weighted by Crippen LogP contribution is -2.57. The van der Waals surface area contributed by atoms with E-state index in [-0.39, 0.29) is 56.4 Å². The molecular formula is C51H60N8O10. The van der Waals surface area contributed by atoms with Crippen LogP contribution in [0.1, 0.15) is 67.7 Å². The molecule has 0 radical (unpaired) electrons. The zero-order valence-corrected chi connectivity index (χ0v) is 38.7. The fourth-order valence-corrected chi connectivity index (χ4v) is 8.29. The van der Waals surface area contributed by atoms with Crippen LogP contribution in [0.5, 0.6) is 5.75 Å². The molecule has 8 amide bonds. The largest absolute Gasteiger partial charge is 0.508 e. The van der Waals surface area contributed by atoms with Crippen molar-refractivity contribution in [3.63, 3.8) is 0 Å². The van der Waals surface area contributed by atoms with E-state index in [1.807, 2.05) is 68.4 Å². The average molecular weight is 945 g/mol. The van der Waals surface area contributed by atoms with Crippen LogP contribution >= 0.6 is 0 Å². The van der Waals surface area contributed by atoms with Crippen molar-refractivity contribution in [1.82, 2.24) is 42.5 Å². The van der Waals surface area contributed by atoms with Crippen molar-refractivity contribution < 1.29 is 48.2 Å². The Bertz CT molecular complexity index is 2420. The number of benzene rings is 4. The van der Waals surface area contributed by atoms with Gasteiger partial charge in [-0.1, -0.05) is 105 Å². The minimum absolute atomic E-state index is 0.00290. The molecule has 364 valence electrons. The molecule has 2 unspecified atom stereocenters. The van der Waals surface area contributed by atoms with Gasteiger partial charge in [0.1, 0.15) is 43.1 Å². The fraction of sp³-hybridized carbons (Fsp3) is 0.373. The summed E-state index contributed by atoms with van der Waals surface area (Å²) >= 11 is 0. The molecule has 1 heterocycles. The number of ether oxygens (including phenoxy) is 1. The monoisotopic (exact) mass is 944 g/mol. The summed E-state index contributed by atoms with van der Waals surface area (Å²) in [7, 11) is 0. The molecule has 0 spiro atoms. The number of carbonyl (C=O) groups is 8. The van der Waals surface area contributed by atoms with E-state index in [0.717, 1.165) is 27.8 Å². The van der Waals surface area contributed by atoms with Crippen molar-refractivity contribution in [1.29, 1.82) is 0 Å². The lowest BCUT2D eigenvalue weighted by atomic mass is 9.98. The third-order valence-electron chi connectivity index (χ3n) is 11.8. The van der Waals surface area contributed by atoms with Crippen LogP contribution in [0.15, 0.2) is 103 Å². The SMILES string of the molecule is CC(C)CC1NC(=O)[C@H](Cc2ccccc2)NC(=O)CNC(=O)CNC(=O)[C@H](Cc2ccc(O)cc2)NC(=O)C(NC(=O)CNC(=O)OCC2c3ccccc3-c3ccccc32)CCCCNC1=O. The van der Waals surface area contributed by atoms with E-state index in [2.05, 4.69) is 42.5 Å². The van der Waals surface area contributed by atoms with Gasteiger partial charge in [0.25, 0.3) is 0 Å². The van der Waals surface area contributed by atoms with E-state index in [0.29, 0.717) is 18.4 Å². The van der Waals surface area contributed by atoms with Crippen molar-refractivity contribution in [3.05, 3.63) is 125 Å². The number of nitrogens with one attached hydrogen (secondary N) is 8. The second kappa shape index (κ2) is 24.8. The van der Waals surface area contributed by atoms with Crippen molar-refractivity contribution in [2.24, 2.45) is 5.92 Å². The van der Waals surface area contributed by atoms with Crippen molar-refractivity contribution in [3.8, 4) is 16.9 Å². The Balaban J connectivity index is 1.15. The predicted molar refractivity (Wildman–Crippen MR) is 255 cm³/mol. The van der Waals surface area contributed by atoms with E-state index in [1.54, 1.807) is 36.4 Å². The highest BCUT2D eigenvalue weighted by Crippen LogP contribution is 2.44. The second-order valence-electron chi connectivity index (χ2n) is 17.5.